The van der Waals surface area contributed by atoms with Gasteiger partial charge in [0.2, 0.25) is 0 Å². The topological polar surface area (TPSA) is 81.0 Å². The smallest absolute Gasteiger partial charge is 0.357 e. The van der Waals surface area contributed by atoms with E-state index in [4.69, 9.17) is 11.0 Å². The van der Waals surface area contributed by atoms with E-state index >= 15 is 0 Å². The first-order valence-electron chi connectivity index (χ1n) is 5.98. The minimum atomic E-state index is -3.11. The van der Waals surface area contributed by atoms with E-state index < -0.39 is 23.8 Å². The van der Waals surface area contributed by atoms with Crippen LogP contribution in [-0.2, 0) is 4.74 Å². The molecule has 1 aromatic heterocycles. The highest BCUT2D eigenvalue weighted by Crippen LogP contribution is 2.32. The Morgan fingerprint density at radius 1 is 1.45 bits per heavy atom. The Balaban J connectivity index is 2.82. The second kappa shape index (κ2) is 5.81. The summed E-state index contributed by atoms with van der Waals surface area (Å²) in [5, 5.41) is 8.97. The number of hydrogen-bond donors (Lipinski definition) is 1. The molecule has 0 aliphatic rings. The summed E-state index contributed by atoms with van der Waals surface area (Å²) in [4.78, 5) is 11.8. The molecule has 5 nitrogen and oxygen atoms in total. The predicted molar refractivity (Wildman–Crippen MR) is 71.2 cm³/mol. The van der Waals surface area contributed by atoms with Crippen LogP contribution in [-0.4, -0.2) is 17.6 Å². The standard InChI is InChI=1S/C14H10F3N3O2/c1-22-14(21)12-11(19)7(5-18)6-20(12)9-4-2-3-8(15)10(9)13(16)17/h2-4,6,13H,19H2,1H3. The maximum absolute atomic E-state index is 13.7. The lowest BCUT2D eigenvalue weighted by Crippen LogP contribution is -2.13. The SMILES string of the molecule is COC(=O)c1c(N)c(C#N)cn1-c1cccc(F)c1C(F)F. The van der Waals surface area contributed by atoms with Gasteiger partial charge in [0.15, 0.2) is 5.69 Å². The number of anilines is 1. The number of aromatic nitrogens is 1. The minimum Gasteiger partial charge on any atom is -0.464 e. The van der Waals surface area contributed by atoms with Crippen molar-refractivity contribution in [2.24, 2.45) is 0 Å². The molecule has 0 aliphatic heterocycles. The lowest BCUT2D eigenvalue weighted by atomic mass is 10.1. The highest BCUT2D eigenvalue weighted by molar-refractivity contribution is 5.96. The number of nitrogens with two attached hydrogens (primary N) is 1. The van der Waals surface area contributed by atoms with E-state index in [2.05, 4.69) is 4.74 Å². The van der Waals surface area contributed by atoms with Crippen molar-refractivity contribution < 1.29 is 22.7 Å². The number of rotatable bonds is 3. The number of methoxy groups -OCH3 is 1. The van der Waals surface area contributed by atoms with E-state index in [0.717, 1.165) is 23.9 Å². The molecule has 114 valence electrons. The number of esters is 1. The molecule has 0 spiro atoms. The van der Waals surface area contributed by atoms with Crippen molar-refractivity contribution in [3.8, 4) is 11.8 Å². The average molecular weight is 309 g/mol. The van der Waals surface area contributed by atoms with Crippen LogP contribution in [0.4, 0.5) is 18.9 Å². The monoisotopic (exact) mass is 309 g/mol. The van der Waals surface area contributed by atoms with Gasteiger partial charge < -0.3 is 15.0 Å². The molecule has 2 aromatic rings. The molecular weight excluding hydrogens is 299 g/mol. The number of carbonyl (C=O) groups is 1. The fraction of sp³-hybridized carbons (Fsp3) is 0.143. The Bertz CT molecular complexity index is 778. The van der Waals surface area contributed by atoms with Crippen molar-refractivity contribution >= 4 is 11.7 Å². The molecule has 2 N–H and O–H groups in total. The molecular formula is C14H10F3N3O2. The van der Waals surface area contributed by atoms with Crippen molar-refractivity contribution in [3.63, 3.8) is 0 Å². The quantitative estimate of drug-likeness (QED) is 0.884. The van der Waals surface area contributed by atoms with Gasteiger partial charge in [-0.3, -0.25) is 0 Å². The molecule has 0 amide bonds. The Morgan fingerprint density at radius 3 is 2.68 bits per heavy atom. The third kappa shape index (κ3) is 2.37. The van der Waals surface area contributed by atoms with E-state index in [-0.39, 0.29) is 22.6 Å². The largest absolute Gasteiger partial charge is 0.464 e. The van der Waals surface area contributed by atoms with Crippen molar-refractivity contribution in [1.82, 2.24) is 4.57 Å². The van der Waals surface area contributed by atoms with Crippen molar-refractivity contribution in [3.05, 3.63) is 47.0 Å². The van der Waals surface area contributed by atoms with Crippen molar-refractivity contribution in [2.75, 3.05) is 12.8 Å². The Hall–Kier alpha value is -2.95. The number of carbonyl (C=O) groups excluding carboxylic acids is 1. The van der Waals surface area contributed by atoms with Crippen molar-refractivity contribution in [2.45, 2.75) is 6.43 Å². The average Bonchev–Trinajstić information content (AvgIpc) is 2.82. The second-order valence-corrected chi connectivity index (χ2v) is 4.25. The summed E-state index contributed by atoms with van der Waals surface area (Å²) in [5.74, 6) is -2.06. The molecule has 0 aliphatic carbocycles. The fourth-order valence-corrected chi connectivity index (χ4v) is 2.06. The van der Waals surface area contributed by atoms with Crippen LogP contribution in [0.5, 0.6) is 0 Å². The molecule has 2 rings (SSSR count). The zero-order valence-corrected chi connectivity index (χ0v) is 11.3. The van der Waals surface area contributed by atoms with E-state index in [9.17, 15) is 18.0 Å². The lowest BCUT2D eigenvalue weighted by molar-refractivity contribution is 0.0592. The summed E-state index contributed by atoms with van der Waals surface area (Å²) in [6, 6.07) is 5.01. The summed E-state index contributed by atoms with van der Waals surface area (Å²) < 4.78 is 45.4. The highest BCUT2D eigenvalue weighted by atomic mass is 19.3. The molecule has 0 radical (unpaired) electrons. The van der Waals surface area contributed by atoms with Gasteiger partial charge in [0.05, 0.1) is 29.6 Å². The molecule has 1 heterocycles. The number of nitrogens with zero attached hydrogens (tertiary/aromatic N) is 2. The third-order valence-electron chi connectivity index (χ3n) is 3.05. The first-order chi connectivity index (χ1) is 10.4. The Labute approximate surface area is 123 Å². The molecule has 1 aromatic carbocycles. The van der Waals surface area contributed by atoms with Gasteiger partial charge in [-0.05, 0) is 12.1 Å². The zero-order chi connectivity index (χ0) is 16.4. The second-order valence-electron chi connectivity index (χ2n) is 4.25. The van der Waals surface area contributed by atoms with Gasteiger partial charge in [-0.25, -0.2) is 18.0 Å². The molecule has 0 saturated carbocycles. The summed E-state index contributed by atoms with van der Waals surface area (Å²) in [6.45, 7) is 0. The molecule has 0 fully saturated rings. The lowest BCUT2D eigenvalue weighted by Gasteiger charge is -2.13. The molecule has 0 saturated heterocycles. The van der Waals surface area contributed by atoms with Crippen LogP contribution in [0.25, 0.3) is 5.69 Å². The van der Waals surface area contributed by atoms with Gasteiger partial charge in [0, 0.05) is 6.20 Å². The maximum Gasteiger partial charge on any atom is 0.357 e. The molecule has 0 atom stereocenters. The Kier molecular flexibility index (Phi) is 4.08. The summed E-state index contributed by atoms with van der Waals surface area (Å²) in [6.07, 6.45) is -2.03. The number of halogens is 3. The summed E-state index contributed by atoms with van der Waals surface area (Å²) >= 11 is 0. The normalized spacial score (nSPS) is 10.5. The predicted octanol–water partition coefficient (Wildman–Crippen LogP) is 2.79. The molecule has 8 heteroatoms. The van der Waals surface area contributed by atoms with Crippen molar-refractivity contribution in [1.29, 1.82) is 5.26 Å². The van der Waals surface area contributed by atoms with E-state index in [1.54, 1.807) is 6.07 Å². The molecule has 0 bridgehead atoms. The fourth-order valence-electron chi connectivity index (χ4n) is 2.06. The van der Waals surface area contributed by atoms with Crippen LogP contribution >= 0.6 is 0 Å². The summed E-state index contributed by atoms with van der Waals surface area (Å²) in [5.41, 5.74) is 3.84. The first kappa shape index (κ1) is 15.4. The van der Waals surface area contributed by atoms with Gasteiger partial charge >= 0.3 is 5.97 Å². The van der Waals surface area contributed by atoms with E-state index in [0.29, 0.717) is 0 Å². The maximum atomic E-state index is 13.7. The Morgan fingerprint density at radius 2 is 2.14 bits per heavy atom. The van der Waals surface area contributed by atoms with E-state index in [1.165, 1.54) is 12.1 Å². The highest BCUT2D eigenvalue weighted by Gasteiger charge is 2.26. The van der Waals surface area contributed by atoms with Crippen LogP contribution < -0.4 is 5.73 Å². The number of nitriles is 1. The summed E-state index contributed by atoms with van der Waals surface area (Å²) in [7, 11) is 1.07. The zero-order valence-electron chi connectivity index (χ0n) is 11.3. The minimum absolute atomic E-state index is 0.107. The van der Waals surface area contributed by atoms with Crippen LogP contribution in [0.1, 0.15) is 28.0 Å². The molecule has 0 unspecified atom stereocenters. The van der Waals surface area contributed by atoms with Gasteiger partial charge in [-0.2, -0.15) is 5.26 Å². The van der Waals surface area contributed by atoms with Crippen LogP contribution in [0.15, 0.2) is 24.4 Å². The number of ether oxygens (including phenoxy) is 1. The van der Waals surface area contributed by atoms with Crippen LogP contribution in [0.2, 0.25) is 0 Å². The number of benzene rings is 1. The molecule has 22 heavy (non-hydrogen) atoms. The third-order valence-corrected chi connectivity index (χ3v) is 3.05. The van der Waals surface area contributed by atoms with Gasteiger partial charge in [-0.15, -0.1) is 0 Å². The van der Waals surface area contributed by atoms with Crippen LogP contribution in [0.3, 0.4) is 0 Å². The van der Waals surface area contributed by atoms with E-state index in [1.807, 2.05) is 0 Å². The van der Waals surface area contributed by atoms with Gasteiger partial charge in [0.25, 0.3) is 6.43 Å². The first-order valence-corrected chi connectivity index (χ1v) is 5.98. The van der Waals surface area contributed by atoms with Gasteiger partial charge in [0.1, 0.15) is 11.9 Å². The number of hydrogen-bond acceptors (Lipinski definition) is 4. The van der Waals surface area contributed by atoms with Crippen LogP contribution in [0, 0.1) is 17.1 Å². The number of nitrogen functional groups attached to an aromatic ring is 1. The van der Waals surface area contributed by atoms with Gasteiger partial charge in [-0.1, -0.05) is 6.07 Å². The number of alkyl halides is 2.